The Morgan fingerprint density at radius 2 is 1.65 bits per heavy atom. The van der Waals surface area contributed by atoms with E-state index in [1.807, 2.05) is 42.5 Å². The molecule has 1 amide bonds. The van der Waals surface area contributed by atoms with Crippen LogP contribution in [0.15, 0.2) is 88.9 Å². The summed E-state index contributed by atoms with van der Waals surface area (Å²) in [6, 6.07) is 20.0. The molecule has 0 radical (unpaired) electrons. The fourth-order valence-corrected chi connectivity index (χ4v) is 4.51. The Hall–Kier alpha value is -4.12. The summed E-state index contributed by atoms with van der Waals surface area (Å²) in [6.45, 7) is -0.631. The van der Waals surface area contributed by atoms with Crippen molar-refractivity contribution < 1.29 is 36.3 Å². The number of hydrogen-bond donors (Lipinski definition) is 0. The molecule has 0 aliphatic carbocycles. The lowest BCUT2D eigenvalue weighted by molar-refractivity contribution is -0.136. The number of hydrazone groups is 1. The van der Waals surface area contributed by atoms with Gasteiger partial charge in [0.05, 0.1) is 29.3 Å². The summed E-state index contributed by atoms with van der Waals surface area (Å²) in [5.74, 6) is -4.41. The zero-order valence-electron chi connectivity index (χ0n) is 19.6. The fraction of sp³-hybridized carbons (Fsp3) is 0.192. The molecule has 4 rings (SSSR count). The second-order valence-corrected chi connectivity index (χ2v) is 9.97. The van der Waals surface area contributed by atoms with E-state index in [9.17, 15) is 26.8 Å². The Morgan fingerprint density at radius 3 is 2.24 bits per heavy atom. The van der Waals surface area contributed by atoms with Gasteiger partial charge in [-0.2, -0.15) is 13.9 Å². The lowest BCUT2D eigenvalue weighted by Gasteiger charge is -2.22. The topological polar surface area (TPSA) is 102 Å². The van der Waals surface area contributed by atoms with Crippen LogP contribution in [0.3, 0.4) is 0 Å². The van der Waals surface area contributed by atoms with Crippen LogP contribution < -0.4 is 4.74 Å². The average molecular weight is 529 g/mol. The minimum absolute atomic E-state index is 0.0948. The van der Waals surface area contributed by atoms with Crippen molar-refractivity contribution in [3.63, 3.8) is 0 Å². The maximum absolute atomic E-state index is 13.1. The standard InChI is InChI=1S/C26H22F2N2O6S/c1-35-20-11-7-18(8-12-20)23-15-22(17-5-3-2-4-6-17)29-30(23)24(31)16-36-25(32)19-9-13-21(14-10-19)37(33,34)26(27)28/h2-14,23,26H,15-16H2,1H3. The molecule has 37 heavy (non-hydrogen) atoms. The van der Waals surface area contributed by atoms with Crippen LogP contribution in [0.25, 0.3) is 0 Å². The molecule has 0 fully saturated rings. The number of carbonyl (C=O) groups is 2. The van der Waals surface area contributed by atoms with Crippen LogP contribution in [0, 0.1) is 0 Å². The molecule has 1 atom stereocenters. The van der Waals surface area contributed by atoms with E-state index in [2.05, 4.69) is 5.10 Å². The van der Waals surface area contributed by atoms with E-state index in [4.69, 9.17) is 9.47 Å². The van der Waals surface area contributed by atoms with Gasteiger partial charge in [-0.15, -0.1) is 0 Å². The van der Waals surface area contributed by atoms with E-state index >= 15 is 0 Å². The van der Waals surface area contributed by atoms with Gasteiger partial charge in [-0.05, 0) is 47.5 Å². The fourth-order valence-electron chi connectivity index (χ4n) is 3.79. The number of methoxy groups -OCH3 is 1. The van der Waals surface area contributed by atoms with Crippen molar-refractivity contribution in [1.82, 2.24) is 5.01 Å². The summed E-state index contributed by atoms with van der Waals surface area (Å²) in [7, 11) is -3.24. The summed E-state index contributed by atoms with van der Waals surface area (Å²) < 4.78 is 58.8. The third-order valence-corrected chi connectivity index (χ3v) is 7.15. The summed E-state index contributed by atoms with van der Waals surface area (Å²) >= 11 is 0. The second-order valence-electron chi connectivity index (χ2n) is 8.05. The molecule has 8 nitrogen and oxygen atoms in total. The molecular formula is C26H22F2N2O6S. The first-order valence-corrected chi connectivity index (χ1v) is 12.6. The van der Waals surface area contributed by atoms with Crippen molar-refractivity contribution in [3.05, 3.63) is 95.6 Å². The maximum Gasteiger partial charge on any atom is 0.341 e. The minimum atomic E-state index is -4.79. The van der Waals surface area contributed by atoms with E-state index in [1.165, 1.54) is 5.01 Å². The van der Waals surface area contributed by atoms with Crippen molar-refractivity contribution >= 4 is 27.4 Å². The number of nitrogens with zero attached hydrogens (tertiary/aromatic N) is 2. The molecule has 1 unspecified atom stereocenters. The van der Waals surface area contributed by atoms with Gasteiger partial charge in [0.2, 0.25) is 9.84 Å². The van der Waals surface area contributed by atoms with E-state index in [0.717, 1.165) is 35.4 Å². The first kappa shape index (κ1) is 26.0. The molecule has 3 aromatic carbocycles. The Morgan fingerprint density at radius 1 is 1.00 bits per heavy atom. The molecule has 0 spiro atoms. The molecule has 1 aliphatic rings. The van der Waals surface area contributed by atoms with Gasteiger partial charge in [0, 0.05) is 6.42 Å². The quantitative estimate of drug-likeness (QED) is 0.406. The number of hydrogen-bond acceptors (Lipinski definition) is 7. The Kier molecular flexibility index (Phi) is 7.63. The highest BCUT2D eigenvalue weighted by Crippen LogP contribution is 2.33. The number of benzene rings is 3. The summed E-state index contributed by atoms with van der Waals surface area (Å²) in [6.07, 6.45) is 0.441. The normalized spacial score (nSPS) is 15.4. The smallest absolute Gasteiger partial charge is 0.341 e. The van der Waals surface area contributed by atoms with Crippen LogP contribution in [-0.2, 0) is 19.4 Å². The van der Waals surface area contributed by atoms with Crippen molar-refractivity contribution in [3.8, 4) is 5.75 Å². The lowest BCUT2D eigenvalue weighted by atomic mass is 9.98. The van der Waals surface area contributed by atoms with Gasteiger partial charge in [0.15, 0.2) is 6.61 Å². The number of alkyl halides is 2. The zero-order valence-corrected chi connectivity index (χ0v) is 20.4. The highest BCUT2D eigenvalue weighted by atomic mass is 32.2. The molecule has 11 heteroatoms. The first-order valence-electron chi connectivity index (χ1n) is 11.1. The first-order chi connectivity index (χ1) is 17.7. The summed E-state index contributed by atoms with van der Waals surface area (Å²) in [5, 5.41) is 5.78. The number of esters is 1. The molecule has 0 N–H and O–H groups in total. The maximum atomic E-state index is 13.1. The minimum Gasteiger partial charge on any atom is -0.497 e. The van der Waals surface area contributed by atoms with Gasteiger partial charge in [-0.3, -0.25) is 4.79 Å². The number of amides is 1. The zero-order chi connectivity index (χ0) is 26.6. The van der Waals surface area contributed by atoms with Gasteiger partial charge in [-0.1, -0.05) is 42.5 Å². The van der Waals surface area contributed by atoms with Crippen molar-refractivity contribution in [2.75, 3.05) is 13.7 Å². The number of carbonyl (C=O) groups excluding carboxylic acids is 2. The second kappa shape index (κ2) is 10.9. The number of ether oxygens (including phenoxy) is 2. The third kappa shape index (κ3) is 5.67. The van der Waals surface area contributed by atoms with Crippen LogP contribution in [0.5, 0.6) is 5.75 Å². The Bertz CT molecular complexity index is 1410. The van der Waals surface area contributed by atoms with E-state index in [1.54, 1.807) is 19.2 Å². The third-order valence-electron chi connectivity index (χ3n) is 5.75. The molecule has 0 saturated carbocycles. The SMILES string of the molecule is COc1ccc(C2CC(c3ccccc3)=NN2C(=O)COC(=O)c2ccc(S(=O)(=O)C(F)F)cc2)cc1. The van der Waals surface area contributed by atoms with Gasteiger partial charge in [-0.25, -0.2) is 18.2 Å². The highest BCUT2D eigenvalue weighted by molar-refractivity contribution is 7.91. The van der Waals surface area contributed by atoms with Gasteiger partial charge in [0.25, 0.3) is 5.91 Å². The molecule has 0 saturated heterocycles. The van der Waals surface area contributed by atoms with Crippen LogP contribution >= 0.6 is 0 Å². The van der Waals surface area contributed by atoms with Gasteiger partial charge >= 0.3 is 11.7 Å². The number of rotatable bonds is 8. The molecule has 1 heterocycles. The molecule has 0 aromatic heterocycles. The Balaban J connectivity index is 1.49. The molecular weight excluding hydrogens is 506 g/mol. The predicted octanol–water partition coefficient (Wildman–Crippen LogP) is 4.23. The Labute approximate surface area is 212 Å². The van der Waals surface area contributed by atoms with Crippen molar-refractivity contribution in [1.29, 1.82) is 0 Å². The van der Waals surface area contributed by atoms with Gasteiger partial charge < -0.3 is 9.47 Å². The molecule has 192 valence electrons. The number of halogens is 2. The van der Waals surface area contributed by atoms with E-state index in [-0.39, 0.29) is 5.56 Å². The largest absolute Gasteiger partial charge is 0.497 e. The van der Waals surface area contributed by atoms with Crippen molar-refractivity contribution in [2.24, 2.45) is 5.10 Å². The van der Waals surface area contributed by atoms with E-state index < -0.39 is 45.0 Å². The van der Waals surface area contributed by atoms with Crippen LogP contribution in [0.1, 0.15) is 33.9 Å². The summed E-state index contributed by atoms with van der Waals surface area (Å²) in [4.78, 5) is 24.9. The molecule has 1 aliphatic heterocycles. The van der Waals surface area contributed by atoms with Crippen LogP contribution in [0.4, 0.5) is 8.78 Å². The van der Waals surface area contributed by atoms with Gasteiger partial charge in [0.1, 0.15) is 5.75 Å². The molecule has 0 bridgehead atoms. The number of sulfone groups is 1. The molecule has 3 aromatic rings. The highest BCUT2D eigenvalue weighted by Gasteiger charge is 2.34. The average Bonchev–Trinajstić information content (AvgIpc) is 3.38. The van der Waals surface area contributed by atoms with Crippen molar-refractivity contribution in [2.45, 2.75) is 23.1 Å². The summed E-state index contributed by atoms with van der Waals surface area (Å²) in [5.41, 5.74) is 2.26. The predicted molar refractivity (Wildman–Crippen MR) is 130 cm³/mol. The lowest BCUT2D eigenvalue weighted by Crippen LogP contribution is -2.31. The van der Waals surface area contributed by atoms with E-state index in [0.29, 0.717) is 17.9 Å². The van der Waals surface area contributed by atoms with Crippen LogP contribution in [0.2, 0.25) is 0 Å². The van der Waals surface area contributed by atoms with Crippen LogP contribution in [-0.4, -0.2) is 50.5 Å². The monoisotopic (exact) mass is 528 g/mol.